The summed E-state index contributed by atoms with van der Waals surface area (Å²) >= 11 is 0. The number of allylic oxidation sites excluding steroid dienone is 1. The van der Waals surface area contributed by atoms with E-state index in [1.807, 2.05) is 13.0 Å². The molecule has 3 aliphatic heterocycles. The van der Waals surface area contributed by atoms with Crippen molar-refractivity contribution in [3.05, 3.63) is 23.4 Å². The number of hydrogen-bond donors (Lipinski definition) is 3. The number of ether oxygens (including phenoxy) is 1. The van der Waals surface area contributed by atoms with E-state index in [1.54, 1.807) is 11.0 Å². The average molecular weight is 446 g/mol. The minimum atomic E-state index is -0.831. The fourth-order valence-electron chi connectivity index (χ4n) is 5.36. The number of rotatable bonds is 10. The molecule has 3 atom stereocenters. The Balaban J connectivity index is 1.69. The van der Waals surface area contributed by atoms with Crippen molar-refractivity contribution in [2.45, 2.75) is 90.6 Å². The minimum Gasteiger partial charge on any atom is -0.398 e. The summed E-state index contributed by atoms with van der Waals surface area (Å²) < 4.78 is 6.00. The van der Waals surface area contributed by atoms with Gasteiger partial charge in [0.05, 0.1) is 0 Å². The van der Waals surface area contributed by atoms with Crippen molar-refractivity contribution in [1.82, 2.24) is 15.1 Å². The highest BCUT2D eigenvalue weighted by Crippen LogP contribution is 2.35. The Morgan fingerprint density at radius 2 is 2.12 bits per heavy atom. The van der Waals surface area contributed by atoms with Crippen LogP contribution in [-0.2, 0) is 9.53 Å². The molecule has 0 radical (unpaired) electrons. The van der Waals surface area contributed by atoms with Gasteiger partial charge in [-0.15, -0.1) is 0 Å². The van der Waals surface area contributed by atoms with Crippen LogP contribution in [0.1, 0.15) is 72.6 Å². The van der Waals surface area contributed by atoms with Gasteiger partial charge in [-0.2, -0.15) is 0 Å². The van der Waals surface area contributed by atoms with Gasteiger partial charge in [-0.3, -0.25) is 15.5 Å². The van der Waals surface area contributed by atoms with Gasteiger partial charge in [0, 0.05) is 37.0 Å². The Morgan fingerprint density at radius 1 is 1.34 bits per heavy atom. The van der Waals surface area contributed by atoms with Crippen molar-refractivity contribution >= 4 is 11.6 Å². The number of carbonyl (C=O) groups is 1. The van der Waals surface area contributed by atoms with Crippen LogP contribution in [0.2, 0.25) is 0 Å². The molecule has 180 valence electrons. The number of nitrogens with zero attached hydrogens (tertiary/aromatic N) is 2. The molecule has 4 N–H and O–H groups in total. The third-order valence-electron chi connectivity index (χ3n) is 6.96. The van der Waals surface area contributed by atoms with E-state index in [-0.39, 0.29) is 17.8 Å². The Morgan fingerprint density at radius 3 is 2.84 bits per heavy atom. The standard InChI is InChI=1S/C25H43N5O2/c1-5-6-16-32-21-13-12-20(26)22-23(27)24(31)30(25(22,4)28-21)15-9-11-19-10-7-8-14-29(19)17-18(2)3/h12-13,18-19,21,27-28H,5-11,14-17,26H2,1-4H3. The summed E-state index contributed by atoms with van der Waals surface area (Å²) in [6.45, 7) is 12.2. The number of carbonyl (C=O) groups excluding carboxylic acids is 1. The lowest BCUT2D eigenvalue weighted by Gasteiger charge is -2.40. The van der Waals surface area contributed by atoms with Crippen LogP contribution >= 0.6 is 0 Å². The maximum absolute atomic E-state index is 13.1. The predicted molar refractivity (Wildman–Crippen MR) is 129 cm³/mol. The summed E-state index contributed by atoms with van der Waals surface area (Å²) in [5.74, 6) is 0.418. The molecule has 0 spiro atoms. The van der Waals surface area contributed by atoms with E-state index in [2.05, 4.69) is 31.0 Å². The summed E-state index contributed by atoms with van der Waals surface area (Å²) in [6.07, 6.45) is 11.2. The quantitative estimate of drug-likeness (QED) is 0.448. The number of likely N-dealkylation sites (tertiary alicyclic amines) is 2. The normalized spacial score (nSPS) is 29.2. The minimum absolute atomic E-state index is 0.00420. The third kappa shape index (κ3) is 5.43. The van der Waals surface area contributed by atoms with E-state index in [0.29, 0.717) is 36.4 Å². The molecule has 0 aromatic heterocycles. The van der Waals surface area contributed by atoms with Gasteiger partial charge in [0.25, 0.3) is 5.91 Å². The largest absolute Gasteiger partial charge is 0.398 e. The smallest absolute Gasteiger partial charge is 0.273 e. The van der Waals surface area contributed by atoms with E-state index in [0.717, 1.165) is 32.2 Å². The molecular formula is C25H43N5O2. The second kappa shape index (κ2) is 10.9. The van der Waals surface area contributed by atoms with E-state index < -0.39 is 5.66 Å². The second-order valence-electron chi connectivity index (χ2n) is 10.1. The number of nitrogens with two attached hydrogens (primary N) is 1. The van der Waals surface area contributed by atoms with Crippen LogP contribution in [0.5, 0.6) is 0 Å². The first-order valence-corrected chi connectivity index (χ1v) is 12.5. The zero-order valence-corrected chi connectivity index (χ0v) is 20.5. The Labute approximate surface area is 193 Å². The lowest BCUT2D eigenvalue weighted by Crippen LogP contribution is -2.58. The zero-order chi connectivity index (χ0) is 23.3. The number of hydrogen-bond acceptors (Lipinski definition) is 6. The van der Waals surface area contributed by atoms with Crippen LogP contribution in [0.3, 0.4) is 0 Å². The molecule has 0 saturated carbocycles. The molecular weight excluding hydrogens is 402 g/mol. The fraction of sp³-hybridized carbons (Fsp3) is 0.760. The van der Waals surface area contributed by atoms with E-state index >= 15 is 0 Å². The van der Waals surface area contributed by atoms with Crippen LogP contribution in [0.4, 0.5) is 0 Å². The van der Waals surface area contributed by atoms with Gasteiger partial charge in [-0.05, 0) is 63.6 Å². The van der Waals surface area contributed by atoms with Gasteiger partial charge in [-0.1, -0.05) is 33.6 Å². The zero-order valence-electron chi connectivity index (χ0n) is 20.5. The lowest BCUT2D eigenvalue weighted by atomic mass is 9.96. The molecule has 3 aliphatic rings. The Bertz CT molecular complexity index is 747. The van der Waals surface area contributed by atoms with Gasteiger partial charge in [-0.25, -0.2) is 0 Å². The van der Waals surface area contributed by atoms with Crippen LogP contribution < -0.4 is 11.1 Å². The molecule has 3 rings (SSSR count). The van der Waals surface area contributed by atoms with E-state index in [9.17, 15) is 4.79 Å². The van der Waals surface area contributed by atoms with Crippen LogP contribution in [0.25, 0.3) is 0 Å². The molecule has 0 aromatic rings. The molecule has 0 aromatic carbocycles. The molecule has 7 heteroatoms. The van der Waals surface area contributed by atoms with Crippen molar-refractivity contribution in [1.29, 1.82) is 5.41 Å². The number of nitrogens with one attached hydrogen (secondary N) is 2. The SMILES string of the molecule is CCCCOC1C=CC(N)=C2C(=N)C(=O)N(CCCC3CCCCN3CC(C)C)C2(C)N1. The summed E-state index contributed by atoms with van der Waals surface area (Å²) in [5.41, 5.74) is 6.52. The second-order valence-corrected chi connectivity index (χ2v) is 10.1. The molecule has 3 heterocycles. The van der Waals surface area contributed by atoms with Crippen molar-refractivity contribution in [2.24, 2.45) is 11.7 Å². The van der Waals surface area contributed by atoms with Gasteiger partial charge < -0.3 is 20.3 Å². The molecule has 0 bridgehead atoms. The highest BCUT2D eigenvalue weighted by molar-refractivity contribution is 6.47. The highest BCUT2D eigenvalue weighted by atomic mass is 16.5. The van der Waals surface area contributed by atoms with Gasteiger partial charge >= 0.3 is 0 Å². The number of fused-ring (bicyclic) bond motifs is 1. The maximum Gasteiger partial charge on any atom is 0.273 e. The molecule has 3 unspecified atom stereocenters. The first-order chi connectivity index (χ1) is 15.3. The van der Waals surface area contributed by atoms with Crippen molar-refractivity contribution < 1.29 is 9.53 Å². The van der Waals surface area contributed by atoms with Crippen molar-refractivity contribution in [3.63, 3.8) is 0 Å². The highest BCUT2D eigenvalue weighted by Gasteiger charge is 2.52. The van der Waals surface area contributed by atoms with Crippen molar-refractivity contribution in [2.75, 3.05) is 26.2 Å². The Hall–Kier alpha value is -1.70. The number of piperidine rings is 1. The molecule has 32 heavy (non-hydrogen) atoms. The monoisotopic (exact) mass is 445 g/mol. The van der Waals surface area contributed by atoms with Crippen LogP contribution in [-0.4, -0.2) is 65.6 Å². The number of unbranched alkanes of at least 4 members (excludes halogenated alkanes) is 1. The topological polar surface area (TPSA) is 94.7 Å². The molecule has 7 nitrogen and oxygen atoms in total. The van der Waals surface area contributed by atoms with Gasteiger partial charge in [0.1, 0.15) is 17.6 Å². The van der Waals surface area contributed by atoms with E-state index in [1.165, 1.54) is 25.8 Å². The van der Waals surface area contributed by atoms with Crippen LogP contribution in [0, 0.1) is 11.3 Å². The van der Waals surface area contributed by atoms with E-state index in [4.69, 9.17) is 15.9 Å². The van der Waals surface area contributed by atoms with Gasteiger partial charge in [0.15, 0.2) is 0 Å². The molecule has 1 amide bonds. The summed E-state index contributed by atoms with van der Waals surface area (Å²) in [5, 5.41) is 12.0. The summed E-state index contributed by atoms with van der Waals surface area (Å²) in [6, 6.07) is 0.588. The first kappa shape index (κ1) is 24.9. The number of amides is 1. The van der Waals surface area contributed by atoms with Crippen LogP contribution in [0.15, 0.2) is 23.4 Å². The maximum atomic E-state index is 13.1. The third-order valence-corrected chi connectivity index (χ3v) is 6.96. The predicted octanol–water partition coefficient (Wildman–Crippen LogP) is 3.37. The average Bonchev–Trinajstić information content (AvgIpc) is 2.84. The lowest BCUT2D eigenvalue weighted by molar-refractivity contribution is -0.128. The molecule has 2 fully saturated rings. The molecule has 2 saturated heterocycles. The van der Waals surface area contributed by atoms with Gasteiger partial charge in [0.2, 0.25) is 0 Å². The Kier molecular flexibility index (Phi) is 8.53. The summed E-state index contributed by atoms with van der Waals surface area (Å²) in [4.78, 5) is 17.5. The first-order valence-electron chi connectivity index (χ1n) is 12.5. The fourth-order valence-corrected chi connectivity index (χ4v) is 5.36. The summed E-state index contributed by atoms with van der Waals surface area (Å²) in [7, 11) is 0. The molecule has 0 aliphatic carbocycles. The van der Waals surface area contributed by atoms with Crippen molar-refractivity contribution in [3.8, 4) is 0 Å².